The van der Waals surface area contributed by atoms with Crippen molar-refractivity contribution in [2.75, 3.05) is 19.3 Å². The van der Waals surface area contributed by atoms with Gasteiger partial charge in [-0.05, 0) is 18.6 Å². The van der Waals surface area contributed by atoms with Crippen molar-refractivity contribution in [1.82, 2.24) is 9.88 Å². The minimum absolute atomic E-state index is 0.0886. The van der Waals surface area contributed by atoms with Crippen LogP contribution in [0.5, 0.6) is 0 Å². The molecule has 0 saturated heterocycles. The molecule has 1 amide bonds. The number of carbonyl (C=O) groups is 1. The summed E-state index contributed by atoms with van der Waals surface area (Å²) >= 11 is 0. The lowest BCUT2D eigenvalue weighted by Crippen LogP contribution is -2.28. The molecule has 2 rings (SSSR count). The zero-order valence-electron chi connectivity index (χ0n) is 10.7. The van der Waals surface area contributed by atoms with Crippen molar-refractivity contribution in [2.24, 2.45) is 0 Å². The predicted octanol–water partition coefficient (Wildman–Crippen LogP) is 2.30. The zero-order chi connectivity index (χ0) is 13.1. The number of amides is 1. The lowest BCUT2D eigenvalue weighted by atomic mass is 10.1. The molecule has 0 aliphatic heterocycles. The second kappa shape index (κ2) is 5.04. The lowest BCUT2D eigenvalue weighted by Gasteiger charge is -2.16. The summed E-state index contributed by atoms with van der Waals surface area (Å²) in [6.45, 7) is 2.75. The summed E-state index contributed by atoms with van der Waals surface area (Å²) < 4.78 is 0. The molecule has 1 aromatic carbocycles. The van der Waals surface area contributed by atoms with Crippen LogP contribution in [0.3, 0.4) is 0 Å². The van der Waals surface area contributed by atoms with Gasteiger partial charge in [-0.15, -0.1) is 0 Å². The number of hydrogen-bond donors (Lipinski definition) is 1. The van der Waals surface area contributed by atoms with E-state index in [9.17, 15) is 4.79 Å². The first-order valence-electron chi connectivity index (χ1n) is 6.04. The summed E-state index contributed by atoms with van der Waals surface area (Å²) in [6.07, 6.45) is 0.922. The Balaban J connectivity index is 2.43. The molecule has 18 heavy (non-hydrogen) atoms. The van der Waals surface area contributed by atoms with Crippen molar-refractivity contribution >= 4 is 22.5 Å². The highest BCUT2D eigenvalue weighted by Gasteiger charge is 2.14. The molecule has 4 nitrogen and oxygen atoms in total. The summed E-state index contributed by atoms with van der Waals surface area (Å²) in [7, 11) is 1.78. The Hall–Kier alpha value is -2.10. The number of benzene rings is 1. The van der Waals surface area contributed by atoms with Gasteiger partial charge >= 0.3 is 0 Å². The maximum Gasteiger partial charge on any atom is 0.272 e. The molecule has 94 valence electrons. The quantitative estimate of drug-likeness (QED) is 0.899. The second-order valence-electron chi connectivity index (χ2n) is 4.34. The van der Waals surface area contributed by atoms with E-state index < -0.39 is 0 Å². The minimum Gasteiger partial charge on any atom is -0.398 e. The van der Waals surface area contributed by atoms with Crippen LogP contribution >= 0.6 is 0 Å². The van der Waals surface area contributed by atoms with E-state index in [0.29, 0.717) is 17.9 Å². The first-order chi connectivity index (χ1) is 8.63. The lowest BCUT2D eigenvalue weighted by molar-refractivity contribution is 0.0790. The summed E-state index contributed by atoms with van der Waals surface area (Å²) in [5, 5.41) is 0.882. The largest absolute Gasteiger partial charge is 0.398 e. The number of anilines is 1. The Bertz CT molecular complexity index is 580. The van der Waals surface area contributed by atoms with Crippen LogP contribution in [0.1, 0.15) is 23.8 Å². The number of nitrogen functional groups attached to an aromatic ring is 1. The van der Waals surface area contributed by atoms with Gasteiger partial charge in [0.15, 0.2) is 0 Å². The van der Waals surface area contributed by atoms with Crippen LogP contribution < -0.4 is 5.73 Å². The fraction of sp³-hybridized carbons (Fsp3) is 0.286. The van der Waals surface area contributed by atoms with E-state index in [-0.39, 0.29) is 5.91 Å². The molecular weight excluding hydrogens is 226 g/mol. The van der Waals surface area contributed by atoms with Crippen molar-refractivity contribution in [1.29, 1.82) is 0 Å². The Morgan fingerprint density at radius 2 is 2.11 bits per heavy atom. The fourth-order valence-corrected chi connectivity index (χ4v) is 1.94. The molecule has 0 atom stereocenters. The van der Waals surface area contributed by atoms with Crippen LogP contribution in [0.4, 0.5) is 5.69 Å². The van der Waals surface area contributed by atoms with Gasteiger partial charge in [-0.25, -0.2) is 4.98 Å². The normalized spacial score (nSPS) is 10.6. The molecule has 0 bridgehead atoms. The smallest absolute Gasteiger partial charge is 0.272 e. The molecular formula is C14H17N3O. The third kappa shape index (κ3) is 2.27. The van der Waals surface area contributed by atoms with Gasteiger partial charge in [0.25, 0.3) is 5.91 Å². The average molecular weight is 243 g/mol. The van der Waals surface area contributed by atoms with Gasteiger partial charge in [-0.1, -0.05) is 25.1 Å². The molecule has 0 radical (unpaired) electrons. The second-order valence-corrected chi connectivity index (χ2v) is 4.34. The van der Waals surface area contributed by atoms with Gasteiger partial charge in [-0.3, -0.25) is 4.79 Å². The monoisotopic (exact) mass is 243 g/mol. The zero-order valence-corrected chi connectivity index (χ0v) is 10.7. The van der Waals surface area contributed by atoms with Gasteiger partial charge in [0.1, 0.15) is 5.69 Å². The minimum atomic E-state index is -0.0886. The summed E-state index contributed by atoms with van der Waals surface area (Å²) in [5.41, 5.74) is 7.71. The maximum atomic E-state index is 12.1. The highest BCUT2D eigenvalue weighted by Crippen LogP contribution is 2.20. The summed E-state index contributed by atoms with van der Waals surface area (Å²) in [6, 6.07) is 9.21. The van der Waals surface area contributed by atoms with Crippen molar-refractivity contribution in [3.63, 3.8) is 0 Å². The summed E-state index contributed by atoms with van der Waals surface area (Å²) in [4.78, 5) is 18.2. The number of carbonyl (C=O) groups excluding carboxylic acids is 1. The predicted molar refractivity (Wildman–Crippen MR) is 73.4 cm³/mol. The van der Waals surface area contributed by atoms with Crippen LogP contribution in [-0.4, -0.2) is 29.4 Å². The number of para-hydroxylation sites is 1. The summed E-state index contributed by atoms with van der Waals surface area (Å²) in [5.74, 6) is -0.0886. The van der Waals surface area contributed by atoms with Crippen LogP contribution in [-0.2, 0) is 0 Å². The first kappa shape index (κ1) is 12.4. The Morgan fingerprint density at radius 3 is 2.83 bits per heavy atom. The topological polar surface area (TPSA) is 59.2 Å². The average Bonchev–Trinajstić information content (AvgIpc) is 2.38. The van der Waals surface area contributed by atoms with Gasteiger partial charge < -0.3 is 10.6 Å². The highest BCUT2D eigenvalue weighted by molar-refractivity contribution is 5.99. The van der Waals surface area contributed by atoms with Crippen molar-refractivity contribution < 1.29 is 4.79 Å². The van der Waals surface area contributed by atoms with Crippen molar-refractivity contribution in [3.8, 4) is 0 Å². The number of fused-ring (bicyclic) bond motifs is 1. The standard InChI is InChI=1S/C14H17N3O/c1-3-8-17(2)14(18)13-9-11(15)10-6-4-5-7-12(10)16-13/h4-7,9H,3,8H2,1-2H3,(H2,15,16). The molecule has 1 aromatic heterocycles. The molecule has 2 N–H and O–H groups in total. The molecule has 0 spiro atoms. The van der Waals surface area contributed by atoms with Gasteiger partial charge in [-0.2, -0.15) is 0 Å². The third-order valence-corrected chi connectivity index (χ3v) is 2.87. The Labute approximate surface area is 106 Å². The molecule has 1 heterocycles. The van der Waals surface area contributed by atoms with E-state index in [4.69, 9.17) is 5.73 Å². The molecule has 0 saturated carbocycles. The van der Waals surface area contributed by atoms with Crippen molar-refractivity contribution in [3.05, 3.63) is 36.0 Å². The van der Waals surface area contributed by atoms with E-state index in [0.717, 1.165) is 17.3 Å². The van der Waals surface area contributed by atoms with E-state index >= 15 is 0 Å². The maximum absolute atomic E-state index is 12.1. The van der Waals surface area contributed by atoms with E-state index in [1.807, 2.05) is 31.2 Å². The van der Waals surface area contributed by atoms with E-state index in [2.05, 4.69) is 4.98 Å². The van der Waals surface area contributed by atoms with Crippen molar-refractivity contribution in [2.45, 2.75) is 13.3 Å². The molecule has 2 aromatic rings. The van der Waals surface area contributed by atoms with Gasteiger partial charge in [0.2, 0.25) is 0 Å². The number of nitrogens with zero attached hydrogens (tertiary/aromatic N) is 2. The number of nitrogens with two attached hydrogens (primary N) is 1. The van der Waals surface area contributed by atoms with Crippen LogP contribution in [0.25, 0.3) is 10.9 Å². The Morgan fingerprint density at radius 1 is 1.39 bits per heavy atom. The van der Waals surface area contributed by atoms with Gasteiger partial charge in [0.05, 0.1) is 5.52 Å². The molecule has 0 fully saturated rings. The highest BCUT2D eigenvalue weighted by atomic mass is 16.2. The SMILES string of the molecule is CCCN(C)C(=O)c1cc(N)c2ccccc2n1. The number of rotatable bonds is 3. The van der Waals surface area contributed by atoms with Crippen LogP contribution in [0, 0.1) is 0 Å². The Kier molecular flexibility index (Phi) is 3.46. The number of hydrogen-bond acceptors (Lipinski definition) is 3. The number of aromatic nitrogens is 1. The number of pyridine rings is 1. The fourth-order valence-electron chi connectivity index (χ4n) is 1.94. The van der Waals surface area contributed by atoms with Gasteiger partial charge in [0, 0.05) is 24.7 Å². The van der Waals surface area contributed by atoms with Crippen LogP contribution in [0.2, 0.25) is 0 Å². The molecule has 0 aliphatic rings. The van der Waals surface area contributed by atoms with E-state index in [1.54, 1.807) is 18.0 Å². The third-order valence-electron chi connectivity index (χ3n) is 2.87. The van der Waals surface area contributed by atoms with Crippen LogP contribution in [0.15, 0.2) is 30.3 Å². The van der Waals surface area contributed by atoms with E-state index in [1.165, 1.54) is 0 Å². The molecule has 0 unspecified atom stereocenters. The molecule has 0 aliphatic carbocycles. The first-order valence-corrected chi connectivity index (χ1v) is 6.04. The molecule has 4 heteroatoms.